The lowest BCUT2D eigenvalue weighted by atomic mass is 9.95. The molecule has 0 amide bonds. The number of halogens is 1. The standard InChI is InChI=1S/C12H17BrN2O2/c1-3-9-12(13)10(15(2)14-9)6-8-7-17-5-4-11(8)16/h8H,3-7H2,1-2H3. The van der Waals surface area contributed by atoms with E-state index >= 15 is 0 Å². The van der Waals surface area contributed by atoms with Gasteiger partial charge in [-0.25, -0.2) is 0 Å². The van der Waals surface area contributed by atoms with Crippen molar-refractivity contribution in [2.75, 3.05) is 13.2 Å². The minimum Gasteiger partial charge on any atom is -0.380 e. The summed E-state index contributed by atoms with van der Waals surface area (Å²) in [5.74, 6) is 0.294. The lowest BCUT2D eigenvalue weighted by molar-refractivity contribution is -0.130. The lowest BCUT2D eigenvalue weighted by Gasteiger charge is -2.20. The molecule has 1 fully saturated rings. The first kappa shape index (κ1) is 12.8. The Balaban J connectivity index is 2.17. The third kappa shape index (κ3) is 2.60. The van der Waals surface area contributed by atoms with Gasteiger partial charge in [0.15, 0.2) is 0 Å². The van der Waals surface area contributed by atoms with Crippen molar-refractivity contribution in [1.29, 1.82) is 0 Å². The number of hydrogen-bond donors (Lipinski definition) is 0. The Kier molecular flexibility index (Phi) is 3.99. The Morgan fingerprint density at radius 1 is 1.59 bits per heavy atom. The predicted molar refractivity (Wildman–Crippen MR) is 67.9 cm³/mol. The Morgan fingerprint density at radius 3 is 2.94 bits per heavy atom. The molecule has 0 bridgehead atoms. The molecule has 1 aromatic rings. The summed E-state index contributed by atoms with van der Waals surface area (Å²) in [5, 5.41) is 4.44. The topological polar surface area (TPSA) is 44.1 Å². The number of ketones is 1. The lowest BCUT2D eigenvalue weighted by Crippen LogP contribution is -2.29. The van der Waals surface area contributed by atoms with E-state index in [0.29, 0.717) is 31.8 Å². The number of hydrogen-bond acceptors (Lipinski definition) is 3. The summed E-state index contributed by atoms with van der Waals surface area (Å²) < 4.78 is 8.28. The fraction of sp³-hybridized carbons (Fsp3) is 0.667. The monoisotopic (exact) mass is 300 g/mol. The Morgan fingerprint density at radius 2 is 2.35 bits per heavy atom. The number of aromatic nitrogens is 2. The van der Waals surface area contributed by atoms with Crippen molar-refractivity contribution in [3.63, 3.8) is 0 Å². The third-order valence-corrected chi connectivity index (χ3v) is 4.13. The number of carbonyl (C=O) groups is 1. The summed E-state index contributed by atoms with van der Waals surface area (Å²) in [6.07, 6.45) is 2.15. The molecule has 1 aliphatic heterocycles. The molecule has 1 saturated heterocycles. The summed E-state index contributed by atoms with van der Waals surface area (Å²) in [7, 11) is 1.92. The molecule has 2 rings (SSSR count). The molecule has 94 valence electrons. The number of Topliss-reactive ketones (excluding diaryl/α,β-unsaturated/α-hetero) is 1. The first-order valence-corrected chi connectivity index (χ1v) is 6.73. The van der Waals surface area contributed by atoms with Gasteiger partial charge in [-0.2, -0.15) is 5.10 Å². The van der Waals surface area contributed by atoms with Crippen molar-refractivity contribution < 1.29 is 9.53 Å². The van der Waals surface area contributed by atoms with Crippen LogP contribution in [0.4, 0.5) is 0 Å². The van der Waals surface area contributed by atoms with E-state index in [9.17, 15) is 4.79 Å². The van der Waals surface area contributed by atoms with Gasteiger partial charge in [0.1, 0.15) is 5.78 Å². The molecule has 0 N–H and O–H groups in total. The summed E-state index contributed by atoms with van der Waals surface area (Å²) >= 11 is 3.57. The zero-order valence-corrected chi connectivity index (χ0v) is 11.8. The quantitative estimate of drug-likeness (QED) is 0.856. The molecule has 0 radical (unpaired) electrons. The van der Waals surface area contributed by atoms with Gasteiger partial charge in [-0.3, -0.25) is 9.48 Å². The third-order valence-electron chi connectivity index (χ3n) is 3.21. The number of aryl methyl sites for hydroxylation is 2. The van der Waals surface area contributed by atoms with Gasteiger partial charge in [0, 0.05) is 25.8 Å². The summed E-state index contributed by atoms with van der Waals surface area (Å²) in [4.78, 5) is 11.8. The van der Waals surface area contributed by atoms with E-state index in [4.69, 9.17) is 4.74 Å². The minimum atomic E-state index is -0.0137. The maximum absolute atomic E-state index is 11.8. The highest BCUT2D eigenvalue weighted by molar-refractivity contribution is 9.10. The molecule has 0 saturated carbocycles. The molecule has 0 spiro atoms. The Bertz CT molecular complexity index is 428. The van der Waals surface area contributed by atoms with Crippen LogP contribution in [-0.4, -0.2) is 28.8 Å². The molecule has 1 unspecified atom stereocenters. The Labute approximate surface area is 109 Å². The molecule has 1 atom stereocenters. The van der Waals surface area contributed by atoms with Gasteiger partial charge in [0.25, 0.3) is 0 Å². The molecule has 17 heavy (non-hydrogen) atoms. The second kappa shape index (κ2) is 5.31. The number of nitrogens with zero attached hydrogens (tertiary/aromatic N) is 2. The van der Waals surface area contributed by atoms with E-state index < -0.39 is 0 Å². The summed E-state index contributed by atoms with van der Waals surface area (Å²) in [6.45, 7) is 3.19. The molecule has 0 aliphatic carbocycles. The van der Waals surface area contributed by atoms with Crippen molar-refractivity contribution in [2.24, 2.45) is 13.0 Å². The normalized spacial score (nSPS) is 20.9. The van der Waals surface area contributed by atoms with Crippen molar-refractivity contribution in [3.05, 3.63) is 15.9 Å². The summed E-state index contributed by atoms with van der Waals surface area (Å²) in [6, 6.07) is 0. The Hall–Kier alpha value is -0.680. The van der Waals surface area contributed by atoms with Crippen LogP contribution in [-0.2, 0) is 29.4 Å². The molecule has 2 heterocycles. The highest BCUT2D eigenvalue weighted by Crippen LogP contribution is 2.25. The van der Waals surface area contributed by atoms with Crippen molar-refractivity contribution in [1.82, 2.24) is 9.78 Å². The van der Waals surface area contributed by atoms with E-state index in [-0.39, 0.29) is 5.92 Å². The fourth-order valence-electron chi connectivity index (χ4n) is 2.14. The van der Waals surface area contributed by atoms with Gasteiger partial charge in [-0.1, -0.05) is 6.92 Å². The van der Waals surface area contributed by atoms with Crippen LogP contribution in [0.1, 0.15) is 24.7 Å². The summed E-state index contributed by atoms with van der Waals surface area (Å²) in [5.41, 5.74) is 2.14. The van der Waals surface area contributed by atoms with Gasteiger partial charge in [0.2, 0.25) is 0 Å². The molecule has 1 aromatic heterocycles. The fourth-order valence-corrected chi connectivity index (χ4v) is 2.92. The van der Waals surface area contributed by atoms with Gasteiger partial charge < -0.3 is 4.74 Å². The van der Waals surface area contributed by atoms with Crippen LogP contribution in [0.3, 0.4) is 0 Å². The van der Waals surface area contributed by atoms with Gasteiger partial charge in [0.05, 0.1) is 29.1 Å². The smallest absolute Gasteiger partial charge is 0.140 e. The largest absolute Gasteiger partial charge is 0.380 e. The first-order valence-electron chi connectivity index (χ1n) is 5.94. The average Bonchev–Trinajstić information content (AvgIpc) is 2.59. The zero-order chi connectivity index (χ0) is 12.4. The van der Waals surface area contributed by atoms with E-state index in [1.807, 2.05) is 11.7 Å². The van der Waals surface area contributed by atoms with E-state index in [0.717, 1.165) is 22.3 Å². The number of rotatable bonds is 3. The molecule has 5 heteroatoms. The van der Waals surface area contributed by atoms with Crippen LogP contribution in [0.25, 0.3) is 0 Å². The molecular formula is C12H17BrN2O2. The second-order valence-corrected chi connectivity index (χ2v) is 5.17. The zero-order valence-electron chi connectivity index (χ0n) is 10.2. The van der Waals surface area contributed by atoms with Gasteiger partial charge in [-0.05, 0) is 22.4 Å². The van der Waals surface area contributed by atoms with Gasteiger partial charge in [-0.15, -0.1) is 0 Å². The maximum atomic E-state index is 11.8. The highest BCUT2D eigenvalue weighted by atomic mass is 79.9. The molecular weight excluding hydrogens is 284 g/mol. The van der Waals surface area contributed by atoms with Crippen LogP contribution >= 0.6 is 15.9 Å². The van der Waals surface area contributed by atoms with Crippen LogP contribution in [0.15, 0.2) is 4.47 Å². The van der Waals surface area contributed by atoms with Crippen molar-refractivity contribution in [3.8, 4) is 0 Å². The van der Waals surface area contributed by atoms with Crippen LogP contribution in [0.5, 0.6) is 0 Å². The predicted octanol–water partition coefficient (Wildman–Crippen LogP) is 1.89. The van der Waals surface area contributed by atoms with Crippen LogP contribution in [0.2, 0.25) is 0 Å². The van der Waals surface area contributed by atoms with Gasteiger partial charge >= 0.3 is 0 Å². The second-order valence-electron chi connectivity index (χ2n) is 4.38. The minimum absolute atomic E-state index is 0.0137. The first-order chi connectivity index (χ1) is 8.13. The van der Waals surface area contributed by atoms with E-state index in [1.54, 1.807) is 0 Å². The molecule has 1 aliphatic rings. The van der Waals surface area contributed by atoms with Crippen molar-refractivity contribution >= 4 is 21.7 Å². The molecule has 0 aromatic carbocycles. The molecule has 4 nitrogen and oxygen atoms in total. The average molecular weight is 301 g/mol. The van der Waals surface area contributed by atoms with Crippen molar-refractivity contribution in [2.45, 2.75) is 26.2 Å². The number of carbonyl (C=O) groups excluding carboxylic acids is 1. The van der Waals surface area contributed by atoms with E-state index in [2.05, 4.69) is 28.0 Å². The van der Waals surface area contributed by atoms with E-state index in [1.165, 1.54) is 0 Å². The SMILES string of the molecule is CCc1nn(C)c(CC2COCCC2=O)c1Br. The van der Waals surface area contributed by atoms with Crippen LogP contribution in [0, 0.1) is 5.92 Å². The maximum Gasteiger partial charge on any atom is 0.140 e. The number of ether oxygens (including phenoxy) is 1. The highest BCUT2D eigenvalue weighted by Gasteiger charge is 2.26. The van der Waals surface area contributed by atoms with Crippen LogP contribution < -0.4 is 0 Å².